The summed E-state index contributed by atoms with van der Waals surface area (Å²) >= 11 is 3.23. The summed E-state index contributed by atoms with van der Waals surface area (Å²) in [5, 5.41) is 6.35. The van der Waals surface area contributed by atoms with Crippen molar-refractivity contribution in [1.29, 1.82) is 0 Å². The molecule has 0 atom stereocenters. The second-order valence-corrected chi connectivity index (χ2v) is 8.38. The van der Waals surface area contributed by atoms with E-state index in [1.54, 1.807) is 35.0 Å². The number of amides is 1. The molecule has 0 spiro atoms. The molecule has 3 aromatic rings. The minimum absolute atomic E-state index is 0.0559. The van der Waals surface area contributed by atoms with Crippen LogP contribution in [0.1, 0.15) is 30.1 Å². The van der Waals surface area contributed by atoms with Crippen LogP contribution in [0, 0.1) is 0 Å². The summed E-state index contributed by atoms with van der Waals surface area (Å²) in [7, 11) is 1.74. The number of hydrogen-bond acceptors (Lipinski definition) is 6. The van der Waals surface area contributed by atoms with Crippen LogP contribution in [-0.2, 0) is 6.54 Å². The topological polar surface area (TPSA) is 59.2 Å². The molecule has 0 fully saturated rings. The average molecular weight is 374 g/mol. The molecule has 25 heavy (non-hydrogen) atoms. The van der Waals surface area contributed by atoms with Crippen LogP contribution in [0.5, 0.6) is 0 Å². The number of rotatable bonds is 6. The van der Waals surface area contributed by atoms with Crippen molar-refractivity contribution in [2.75, 3.05) is 7.05 Å². The van der Waals surface area contributed by atoms with E-state index >= 15 is 0 Å². The molecule has 0 aliphatic rings. The lowest BCUT2D eigenvalue weighted by Gasteiger charge is -2.17. The largest absolute Gasteiger partial charge is 0.337 e. The summed E-state index contributed by atoms with van der Waals surface area (Å²) in [6.07, 6.45) is 0. The third kappa shape index (κ3) is 4.29. The predicted octanol–water partition coefficient (Wildman–Crippen LogP) is 4.57. The lowest BCUT2D eigenvalue weighted by Crippen LogP contribution is -2.26. The fourth-order valence-electron chi connectivity index (χ4n) is 2.31. The molecule has 2 heterocycles. The molecule has 130 valence electrons. The number of nitrogens with zero attached hydrogens (tertiary/aromatic N) is 3. The molecule has 0 unspecified atom stereocenters. The van der Waals surface area contributed by atoms with Crippen LogP contribution in [-0.4, -0.2) is 33.2 Å². The number of carbonyl (C=O) groups is 1. The van der Waals surface area contributed by atoms with Gasteiger partial charge in [0, 0.05) is 17.2 Å². The first kappa shape index (κ1) is 17.7. The SMILES string of the molecule is CC(C)Sc1ccccc1C(=O)N(C)Cc1nc(-c2cccs2)no1. The van der Waals surface area contributed by atoms with Gasteiger partial charge in [0.1, 0.15) is 0 Å². The lowest BCUT2D eigenvalue weighted by molar-refractivity contribution is 0.0766. The van der Waals surface area contributed by atoms with Gasteiger partial charge < -0.3 is 9.42 Å². The van der Waals surface area contributed by atoms with Crippen molar-refractivity contribution in [2.24, 2.45) is 0 Å². The van der Waals surface area contributed by atoms with Gasteiger partial charge >= 0.3 is 0 Å². The van der Waals surface area contributed by atoms with Crippen LogP contribution < -0.4 is 0 Å². The maximum Gasteiger partial charge on any atom is 0.255 e. The molecule has 7 heteroatoms. The number of benzene rings is 1. The Kier molecular flexibility index (Phi) is 5.55. The average Bonchev–Trinajstić information content (AvgIpc) is 3.25. The van der Waals surface area contributed by atoms with Crippen molar-refractivity contribution in [1.82, 2.24) is 15.0 Å². The van der Waals surface area contributed by atoms with E-state index in [1.165, 1.54) is 0 Å². The molecular formula is C18H19N3O2S2. The normalized spacial score (nSPS) is 11.0. The molecule has 3 rings (SSSR count). The molecule has 0 radical (unpaired) electrons. The Hall–Kier alpha value is -2.12. The number of carbonyl (C=O) groups excluding carboxylic acids is 1. The lowest BCUT2D eigenvalue weighted by atomic mass is 10.2. The van der Waals surface area contributed by atoms with E-state index in [1.807, 2.05) is 41.8 Å². The number of aromatic nitrogens is 2. The molecule has 0 N–H and O–H groups in total. The van der Waals surface area contributed by atoms with Crippen molar-refractivity contribution >= 4 is 29.0 Å². The highest BCUT2D eigenvalue weighted by Crippen LogP contribution is 2.27. The summed E-state index contributed by atoms with van der Waals surface area (Å²) in [6.45, 7) is 4.50. The van der Waals surface area contributed by atoms with Gasteiger partial charge in [-0.1, -0.05) is 37.2 Å². The molecule has 2 aromatic heterocycles. The van der Waals surface area contributed by atoms with E-state index < -0.39 is 0 Å². The summed E-state index contributed by atoms with van der Waals surface area (Å²) in [5.41, 5.74) is 0.696. The molecule has 0 saturated heterocycles. The maximum atomic E-state index is 12.8. The third-order valence-corrected chi connectivity index (χ3v) is 5.36. The Balaban J connectivity index is 1.73. The Morgan fingerprint density at radius 3 is 2.80 bits per heavy atom. The van der Waals surface area contributed by atoms with Crippen LogP contribution in [0.4, 0.5) is 0 Å². The van der Waals surface area contributed by atoms with Gasteiger partial charge in [-0.2, -0.15) is 4.98 Å². The maximum absolute atomic E-state index is 12.8. The molecule has 0 saturated carbocycles. The van der Waals surface area contributed by atoms with Crippen molar-refractivity contribution in [3.63, 3.8) is 0 Å². The van der Waals surface area contributed by atoms with E-state index in [9.17, 15) is 4.79 Å². The minimum Gasteiger partial charge on any atom is -0.337 e. The zero-order chi connectivity index (χ0) is 17.8. The van der Waals surface area contributed by atoms with Crippen LogP contribution in [0.15, 0.2) is 51.2 Å². The monoisotopic (exact) mass is 373 g/mol. The molecule has 1 amide bonds. The summed E-state index contributed by atoms with van der Waals surface area (Å²) in [6, 6.07) is 11.5. The first-order valence-corrected chi connectivity index (χ1v) is 9.68. The molecular weight excluding hydrogens is 354 g/mol. The highest BCUT2D eigenvalue weighted by Gasteiger charge is 2.19. The summed E-state index contributed by atoms with van der Waals surface area (Å²) in [4.78, 5) is 20.7. The van der Waals surface area contributed by atoms with E-state index in [-0.39, 0.29) is 12.5 Å². The smallest absolute Gasteiger partial charge is 0.255 e. The van der Waals surface area contributed by atoms with E-state index in [2.05, 4.69) is 24.0 Å². The second kappa shape index (κ2) is 7.84. The summed E-state index contributed by atoms with van der Waals surface area (Å²) in [5.74, 6) is 0.925. The predicted molar refractivity (Wildman–Crippen MR) is 101 cm³/mol. The Morgan fingerprint density at radius 2 is 2.08 bits per heavy atom. The van der Waals surface area contributed by atoms with Crippen LogP contribution in [0.2, 0.25) is 0 Å². The second-order valence-electron chi connectivity index (χ2n) is 5.81. The van der Waals surface area contributed by atoms with Crippen LogP contribution in [0.3, 0.4) is 0 Å². The number of thiophene rings is 1. The van der Waals surface area contributed by atoms with E-state index in [0.717, 1.165) is 9.77 Å². The fraction of sp³-hybridized carbons (Fsp3) is 0.278. The first-order valence-electron chi connectivity index (χ1n) is 7.92. The molecule has 0 aliphatic carbocycles. The van der Waals surface area contributed by atoms with Gasteiger partial charge in [0.05, 0.1) is 17.0 Å². The van der Waals surface area contributed by atoms with Crippen LogP contribution in [0.25, 0.3) is 10.7 Å². The van der Waals surface area contributed by atoms with Gasteiger partial charge in [-0.25, -0.2) is 0 Å². The molecule has 1 aromatic carbocycles. The van der Waals surface area contributed by atoms with Gasteiger partial charge in [-0.3, -0.25) is 4.79 Å². The van der Waals surface area contributed by atoms with E-state index in [0.29, 0.717) is 22.5 Å². The zero-order valence-electron chi connectivity index (χ0n) is 14.3. The number of thioether (sulfide) groups is 1. The van der Waals surface area contributed by atoms with Gasteiger partial charge in [-0.05, 0) is 23.6 Å². The Labute approximate surface area is 155 Å². The van der Waals surface area contributed by atoms with Crippen molar-refractivity contribution in [3.05, 3.63) is 53.2 Å². The van der Waals surface area contributed by atoms with Gasteiger partial charge in [0.15, 0.2) is 0 Å². The standard InChI is InChI=1S/C18H19N3O2S2/c1-12(2)25-14-8-5-4-7-13(14)18(22)21(3)11-16-19-17(20-23-16)15-9-6-10-24-15/h4-10,12H,11H2,1-3H3. The third-order valence-electron chi connectivity index (χ3n) is 3.41. The van der Waals surface area contributed by atoms with Gasteiger partial charge in [-0.15, -0.1) is 23.1 Å². The Bertz CT molecular complexity index is 844. The molecule has 0 bridgehead atoms. The Morgan fingerprint density at radius 1 is 1.28 bits per heavy atom. The van der Waals surface area contributed by atoms with Crippen molar-refractivity contribution in [2.45, 2.75) is 30.5 Å². The van der Waals surface area contributed by atoms with Crippen LogP contribution >= 0.6 is 23.1 Å². The first-order chi connectivity index (χ1) is 12.0. The highest BCUT2D eigenvalue weighted by molar-refractivity contribution is 8.00. The van der Waals surface area contributed by atoms with Crippen molar-refractivity contribution in [3.8, 4) is 10.7 Å². The molecule has 5 nitrogen and oxygen atoms in total. The van der Waals surface area contributed by atoms with Crippen molar-refractivity contribution < 1.29 is 9.32 Å². The molecule has 0 aliphatic heterocycles. The minimum atomic E-state index is -0.0559. The zero-order valence-corrected chi connectivity index (χ0v) is 15.9. The van der Waals surface area contributed by atoms with E-state index in [4.69, 9.17) is 4.52 Å². The number of hydrogen-bond donors (Lipinski definition) is 0. The van der Waals surface area contributed by atoms with Gasteiger partial charge in [0.25, 0.3) is 5.91 Å². The van der Waals surface area contributed by atoms with Gasteiger partial charge in [0.2, 0.25) is 11.7 Å². The fourth-order valence-corrected chi connectivity index (χ4v) is 3.90. The quantitative estimate of drug-likeness (QED) is 0.592. The summed E-state index contributed by atoms with van der Waals surface area (Å²) < 4.78 is 5.29. The highest BCUT2D eigenvalue weighted by atomic mass is 32.2.